The van der Waals surface area contributed by atoms with Gasteiger partial charge in [-0.15, -0.1) is 0 Å². The molecule has 0 atom stereocenters. The molecule has 2 aliphatic rings. The van der Waals surface area contributed by atoms with Crippen molar-refractivity contribution in [3.63, 3.8) is 0 Å². The van der Waals surface area contributed by atoms with Crippen LogP contribution in [-0.4, -0.2) is 57.3 Å². The van der Waals surface area contributed by atoms with Crippen molar-refractivity contribution in [1.82, 2.24) is 4.90 Å². The molecule has 0 saturated carbocycles. The summed E-state index contributed by atoms with van der Waals surface area (Å²) in [4.78, 5) is 16.7. The summed E-state index contributed by atoms with van der Waals surface area (Å²) in [5, 5.41) is 0. The summed E-state index contributed by atoms with van der Waals surface area (Å²) in [5.41, 5.74) is 2.05. The minimum Gasteiger partial charge on any atom is -0.497 e. The summed E-state index contributed by atoms with van der Waals surface area (Å²) < 4.78 is 16.4. The molecule has 6 heteroatoms. The van der Waals surface area contributed by atoms with E-state index >= 15 is 0 Å². The average Bonchev–Trinajstić information content (AvgIpc) is 2.77. The fourth-order valence-electron chi connectivity index (χ4n) is 3.43. The third-order valence-corrected chi connectivity index (χ3v) is 4.99. The summed E-state index contributed by atoms with van der Waals surface area (Å²) in [7, 11) is 1.67. The van der Waals surface area contributed by atoms with Crippen molar-refractivity contribution in [2.75, 3.05) is 51.4 Å². The van der Waals surface area contributed by atoms with Crippen molar-refractivity contribution in [2.24, 2.45) is 0 Å². The predicted octanol–water partition coefficient (Wildman–Crippen LogP) is 2.83. The minimum atomic E-state index is 0.0279. The van der Waals surface area contributed by atoms with Crippen molar-refractivity contribution < 1.29 is 19.0 Å². The highest BCUT2D eigenvalue weighted by atomic mass is 16.6. The Hall–Kier alpha value is -3.15. The van der Waals surface area contributed by atoms with Gasteiger partial charge >= 0.3 is 0 Å². The standard InChI is InChI=1S/C22H24N2O4/c1-26-19-4-2-3-18(16-19)23-9-11-24(12-10-23)22(25)8-6-17-5-7-20-21(15-17)28-14-13-27-20/h2-8,15-16H,9-14H2,1H3/b8-6+. The maximum atomic E-state index is 12.5. The molecule has 28 heavy (non-hydrogen) atoms. The highest BCUT2D eigenvalue weighted by molar-refractivity contribution is 5.92. The van der Waals surface area contributed by atoms with Gasteiger partial charge < -0.3 is 24.0 Å². The first-order chi connectivity index (χ1) is 13.7. The summed E-state index contributed by atoms with van der Waals surface area (Å²) in [6.07, 6.45) is 3.46. The van der Waals surface area contributed by atoms with E-state index in [0.717, 1.165) is 41.6 Å². The van der Waals surface area contributed by atoms with Crippen LogP contribution in [0.5, 0.6) is 17.2 Å². The summed E-state index contributed by atoms with van der Waals surface area (Å²) in [6, 6.07) is 13.7. The van der Waals surface area contributed by atoms with Gasteiger partial charge in [-0.2, -0.15) is 0 Å². The van der Waals surface area contributed by atoms with Crippen LogP contribution in [0.4, 0.5) is 5.69 Å². The lowest BCUT2D eigenvalue weighted by Crippen LogP contribution is -2.48. The second-order valence-corrected chi connectivity index (χ2v) is 6.75. The quantitative estimate of drug-likeness (QED) is 0.764. The van der Waals surface area contributed by atoms with Crippen LogP contribution < -0.4 is 19.1 Å². The van der Waals surface area contributed by atoms with E-state index in [4.69, 9.17) is 14.2 Å². The molecule has 0 spiro atoms. The van der Waals surface area contributed by atoms with Crippen LogP contribution in [-0.2, 0) is 4.79 Å². The fraction of sp³-hybridized carbons (Fsp3) is 0.318. The molecule has 146 valence electrons. The number of rotatable bonds is 4. The maximum absolute atomic E-state index is 12.5. The number of hydrogen-bond donors (Lipinski definition) is 0. The molecule has 1 saturated heterocycles. The highest BCUT2D eigenvalue weighted by Gasteiger charge is 2.20. The van der Waals surface area contributed by atoms with Crippen LogP contribution in [0.1, 0.15) is 5.56 Å². The molecule has 0 aliphatic carbocycles. The van der Waals surface area contributed by atoms with Crippen LogP contribution in [0.3, 0.4) is 0 Å². The van der Waals surface area contributed by atoms with Crippen molar-refractivity contribution in [3.05, 3.63) is 54.1 Å². The van der Waals surface area contributed by atoms with E-state index < -0.39 is 0 Å². The third kappa shape index (κ3) is 4.06. The number of anilines is 1. The van der Waals surface area contributed by atoms with Gasteiger partial charge in [0.05, 0.1) is 7.11 Å². The number of nitrogens with zero attached hydrogens (tertiary/aromatic N) is 2. The molecular formula is C22H24N2O4. The number of fused-ring (bicyclic) bond motifs is 1. The number of benzene rings is 2. The van der Waals surface area contributed by atoms with Crippen molar-refractivity contribution in [3.8, 4) is 17.2 Å². The Labute approximate surface area is 164 Å². The second-order valence-electron chi connectivity index (χ2n) is 6.75. The molecule has 0 radical (unpaired) electrons. The van der Waals surface area contributed by atoms with Crippen LogP contribution >= 0.6 is 0 Å². The zero-order chi connectivity index (χ0) is 19.3. The summed E-state index contributed by atoms with van der Waals surface area (Å²) in [6.45, 7) is 4.12. The zero-order valence-electron chi connectivity index (χ0n) is 16.0. The van der Waals surface area contributed by atoms with E-state index in [1.54, 1.807) is 13.2 Å². The molecule has 1 amide bonds. The molecule has 4 rings (SSSR count). The molecule has 0 unspecified atom stereocenters. The van der Waals surface area contributed by atoms with Gasteiger partial charge in [-0.05, 0) is 35.9 Å². The zero-order valence-corrected chi connectivity index (χ0v) is 16.0. The molecule has 6 nitrogen and oxygen atoms in total. The Bertz CT molecular complexity index is 873. The molecule has 2 aliphatic heterocycles. The average molecular weight is 380 g/mol. The van der Waals surface area contributed by atoms with Gasteiger partial charge in [-0.3, -0.25) is 4.79 Å². The first-order valence-corrected chi connectivity index (χ1v) is 9.48. The van der Waals surface area contributed by atoms with E-state index in [9.17, 15) is 4.79 Å². The Morgan fingerprint density at radius 2 is 1.79 bits per heavy atom. The molecule has 2 aromatic rings. The van der Waals surface area contributed by atoms with E-state index in [-0.39, 0.29) is 5.91 Å². The maximum Gasteiger partial charge on any atom is 0.246 e. The first kappa shape index (κ1) is 18.2. The van der Waals surface area contributed by atoms with E-state index in [2.05, 4.69) is 11.0 Å². The number of carbonyl (C=O) groups excluding carboxylic acids is 1. The number of amides is 1. The molecule has 2 aromatic carbocycles. The lowest BCUT2D eigenvalue weighted by Gasteiger charge is -2.35. The van der Waals surface area contributed by atoms with Gasteiger partial charge in [0.1, 0.15) is 19.0 Å². The smallest absolute Gasteiger partial charge is 0.246 e. The van der Waals surface area contributed by atoms with Gasteiger partial charge in [0.15, 0.2) is 11.5 Å². The lowest BCUT2D eigenvalue weighted by molar-refractivity contribution is -0.126. The van der Waals surface area contributed by atoms with Crippen molar-refractivity contribution in [1.29, 1.82) is 0 Å². The Kier molecular flexibility index (Phi) is 5.37. The predicted molar refractivity (Wildman–Crippen MR) is 108 cm³/mol. The summed E-state index contributed by atoms with van der Waals surface area (Å²) in [5.74, 6) is 2.36. The highest BCUT2D eigenvalue weighted by Crippen LogP contribution is 2.31. The number of ether oxygens (including phenoxy) is 3. The SMILES string of the molecule is COc1cccc(N2CCN(C(=O)/C=C/c3ccc4c(c3)OCCO4)CC2)c1. The van der Waals surface area contributed by atoms with Gasteiger partial charge in [0, 0.05) is 44.0 Å². The fourth-order valence-corrected chi connectivity index (χ4v) is 3.43. The number of carbonyl (C=O) groups is 1. The van der Waals surface area contributed by atoms with Gasteiger partial charge in [-0.25, -0.2) is 0 Å². The Morgan fingerprint density at radius 3 is 2.57 bits per heavy atom. The number of hydrogen-bond acceptors (Lipinski definition) is 5. The van der Waals surface area contributed by atoms with E-state index in [0.29, 0.717) is 26.3 Å². The van der Waals surface area contributed by atoms with E-state index in [1.165, 1.54) is 0 Å². The van der Waals surface area contributed by atoms with E-state index in [1.807, 2.05) is 47.4 Å². The van der Waals surface area contributed by atoms with Crippen LogP contribution in [0.25, 0.3) is 6.08 Å². The second kappa shape index (κ2) is 8.25. The lowest BCUT2D eigenvalue weighted by atomic mass is 10.1. The largest absolute Gasteiger partial charge is 0.497 e. The molecule has 0 bridgehead atoms. The van der Waals surface area contributed by atoms with Crippen molar-refractivity contribution >= 4 is 17.7 Å². The van der Waals surface area contributed by atoms with Gasteiger partial charge in [0.25, 0.3) is 0 Å². The monoisotopic (exact) mass is 380 g/mol. The summed E-state index contributed by atoms with van der Waals surface area (Å²) >= 11 is 0. The molecule has 0 N–H and O–H groups in total. The van der Waals surface area contributed by atoms with Crippen LogP contribution in [0.2, 0.25) is 0 Å². The van der Waals surface area contributed by atoms with Gasteiger partial charge in [-0.1, -0.05) is 12.1 Å². The molecule has 0 aromatic heterocycles. The van der Waals surface area contributed by atoms with Gasteiger partial charge in [0.2, 0.25) is 5.91 Å². The third-order valence-electron chi connectivity index (χ3n) is 4.99. The Morgan fingerprint density at radius 1 is 1.00 bits per heavy atom. The first-order valence-electron chi connectivity index (χ1n) is 9.48. The molecule has 2 heterocycles. The Balaban J connectivity index is 1.34. The topological polar surface area (TPSA) is 51.2 Å². The number of methoxy groups -OCH3 is 1. The normalized spacial score (nSPS) is 16.3. The minimum absolute atomic E-state index is 0.0279. The van der Waals surface area contributed by atoms with Crippen LogP contribution in [0, 0.1) is 0 Å². The van der Waals surface area contributed by atoms with Crippen LogP contribution in [0.15, 0.2) is 48.5 Å². The molecule has 1 fully saturated rings. The van der Waals surface area contributed by atoms with Crippen molar-refractivity contribution in [2.45, 2.75) is 0 Å². The number of piperazine rings is 1. The molecular weight excluding hydrogens is 356 g/mol.